The van der Waals surface area contributed by atoms with Crippen molar-refractivity contribution in [2.75, 3.05) is 0 Å². The van der Waals surface area contributed by atoms with E-state index in [1.54, 1.807) is 27.6 Å². The van der Waals surface area contributed by atoms with Crippen molar-refractivity contribution in [1.29, 1.82) is 0 Å². The number of hydrogen-bond acceptors (Lipinski definition) is 3. The molecule has 5 nitrogen and oxygen atoms in total. The highest BCUT2D eigenvalue weighted by molar-refractivity contribution is 6.30. The Morgan fingerprint density at radius 2 is 2.00 bits per heavy atom. The molecule has 0 saturated carbocycles. The number of nitrogens with zero attached hydrogens (tertiary/aromatic N) is 4. The van der Waals surface area contributed by atoms with Gasteiger partial charge >= 0.3 is 0 Å². The Bertz CT molecular complexity index is 1050. The number of hydrogen-bond donors (Lipinski definition) is 0. The van der Waals surface area contributed by atoms with E-state index in [2.05, 4.69) is 9.97 Å². The van der Waals surface area contributed by atoms with Crippen molar-refractivity contribution in [3.05, 3.63) is 76.1 Å². The summed E-state index contributed by atoms with van der Waals surface area (Å²) in [4.78, 5) is 20.8. The number of pyridine rings is 1. The van der Waals surface area contributed by atoms with E-state index < -0.39 is 0 Å². The van der Waals surface area contributed by atoms with Gasteiger partial charge in [0.05, 0.1) is 12.1 Å². The van der Waals surface area contributed by atoms with Gasteiger partial charge in [-0.2, -0.15) is 0 Å². The number of aromatic nitrogens is 4. The molecule has 6 heteroatoms. The largest absolute Gasteiger partial charge is 0.292 e. The Kier molecular flexibility index (Phi) is 2.94. The first-order valence-corrected chi connectivity index (χ1v) is 7.17. The summed E-state index contributed by atoms with van der Waals surface area (Å²) in [5.74, 6) is 0.580. The van der Waals surface area contributed by atoms with Crippen LogP contribution in [0.4, 0.5) is 0 Å². The summed E-state index contributed by atoms with van der Waals surface area (Å²) in [6.45, 7) is 0.330. The second kappa shape index (κ2) is 4.96. The smallest absolute Gasteiger partial charge is 0.255 e. The number of fused-ring (bicyclic) bond motifs is 2. The molecular formula is C16H11ClN4O. The summed E-state index contributed by atoms with van der Waals surface area (Å²) in [5, 5.41) is 1.39. The van der Waals surface area contributed by atoms with Crippen molar-refractivity contribution in [3.8, 4) is 0 Å². The topological polar surface area (TPSA) is 52.2 Å². The highest BCUT2D eigenvalue weighted by Gasteiger charge is 2.10. The Hall–Kier alpha value is -2.66. The van der Waals surface area contributed by atoms with E-state index in [1.807, 2.05) is 30.3 Å². The first-order valence-electron chi connectivity index (χ1n) is 6.79. The van der Waals surface area contributed by atoms with Gasteiger partial charge in [0, 0.05) is 35.6 Å². The van der Waals surface area contributed by atoms with Crippen LogP contribution in [0.25, 0.3) is 16.7 Å². The Balaban J connectivity index is 1.89. The lowest BCUT2D eigenvalue weighted by Gasteiger charge is -2.09. The second-order valence-corrected chi connectivity index (χ2v) is 5.36. The molecule has 0 aliphatic rings. The summed E-state index contributed by atoms with van der Waals surface area (Å²) >= 11 is 6.28. The van der Waals surface area contributed by atoms with Crippen molar-refractivity contribution in [1.82, 2.24) is 18.9 Å². The van der Waals surface area contributed by atoms with Gasteiger partial charge in [-0.25, -0.2) is 9.97 Å². The zero-order valence-corrected chi connectivity index (χ0v) is 12.2. The summed E-state index contributed by atoms with van der Waals surface area (Å²) in [5.41, 5.74) is 1.50. The SMILES string of the molecule is O=c1ccn2ccnc2n1Cc1cc2ccccc2nc1Cl. The molecule has 1 aromatic carbocycles. The fourth-order valence-corrected chi connectivity index (χ4v) is 2.73. The lowest BCUT2D eigenvalue weighted by atomic mass is 10.1. The summed E-state index contributed by atoms with van der Waals surface area (Å²) < 4.78 is 3.38. The highest BCUT2D eigenvalue weighted by atomic mass is 35.5. The predicted molar refractivity (Wildman–Crippen MR) is 85.3 cm³/mol. The summed E-state index contributed by atoms with van der Waals surface area (Å²) in [6.07, 6.45) is 5.15. The van der Waals surface area contributed by atoms with Crippen LogP contribution in [0.5, 0.6) is 0 Å². The zero-order valence-electron chi connectivity index (χ0n) is 11.5. The maximum absolute atomic E-state index is 12.2. The van der Waals surface area contributed by atoms with Crippen LogP contribution in [-0.2, 0) is 6.54 Å². The van der Waals surface area contributed by atoms with Gasteiger partial charge in [0.1, 0.15) is 5.15 Å². The second-order valence-electron chi connectivity index (χ2n) is 5.01. The molecule has 0 aliphatic carbocycles. The van der Waals surface area contributed by atoms with Gasteiger partial charge in [-0.15, -0.1) is 0 Å². The number of imidazole rings is 1. The van der Waals surface area contributed by atoms with Gasteiger partial charge in [0.2, 0.25) is 5.78 Å². The Morgan fingerprint density at radius 1 is 1.14 bits per heavy atom. The van der Waals surface area contributed by atoms with Gasteiger partial charge < -0.3 is 0 Å². The Morgan fingerprint density at radius 3 is 2.91 bits per heavy atom. The third kappa shape index (κ3) is 2.07. The molecular weight excluding hydrogens is 300 g/mol. The fourth-order valence-electron chi connectivity index (χ4n) is 2.53. The quantitative estimate of drug-likeness (QED) is 0.535. The number of para-hydroxylation sites is 1. The van der Waals surface area contributed by atoms with Gasteiger partial charge in [-0.1, -0.05) is 29.8 Å². The van der Waals surface area contributed by atoms with Crippen LogP contribution in [-0.4, -0.2) is 18.9 Å². The van der Waals surface area contributed by atoms with Gasteiger partial charge in [-0.05, 0) is 12.1 Å². The third-order valence-electron chi connectivity index (χ3n) is 3.61. The van der Waals surface area contributed by atoms with Gasteiger partial charge in [-0.3, -0.25) is 13.8 Å². The standard InChI is InChI=1S/C16H11ClN4O/c17-15-12(9-11-3-1-2-4-13(11)19-15)10-21-14(22)5-7-20-8-6-18-16(20)21/h1-9H,10H2. The minimum absolute atomic E-state index is 0.122. The molecule has 0 atom stereocenters. The molecule has 0 radical (unpaired) electrons. The van der Waals surface area contributed by atoms with Crippen LogP contribution >= 0.6 is 11.6 Å². The molecule has 3 aromatic heterocycles. The normalized spacial score (nSPS) is 11.3. The lowest BCUT2D eigenvalue weighted by Crippen LogP contribution is -2.22. The highest BCUT2D eigenvalue weighted by Crippen LogP contribution is 2.21. The fraction of sp³-hybridized carbons (Fsp3) is 0.0625. The summed E-state index contributed by atoms with van der Waals surface area (Å²) in [6, 6.07) is 11.2. The van der Waals surface area contributed by atoms with Crippen molar-refractivity contribution in [2.45, 2.75) is 6.54 Å². The van der Waals surface area contributed by atoms with Crippen LogP contribution < -0.4 is 5.56 Å². The van der Waals surface area contributed by atoms with E-state index in [9.17, 15) is 4.79 Å². The van der Waals surface area contributed by atoms with E-state index in [-0.39, 0.29) is 5.56 Å². The molecule has 108 valence electrons. The molecule has 0 fully saturated rings. The molecule has 0 bridgehead atoms. The molecule has 4 aromatic rings. The van der Waals surface area contributed by atoms with Crippen LogP contribution in [0.2, 0.25) is 5.15 Å². The average molecular weight is 311 g/mol. The van der Waals surface area contributed by atoms with Crippen LogP contribution in [0, 0.1) is 0 Å². The van der Waals surface area contributed by atoms with Crippen molar-refractivity contribution in [2.24, 2.45) is 0 Å². The number of benzene rings is 1. The van der Waals surface area contributed by atoms with Crippen molar-refractivity contribution < 1.29 is 0 Å². The maximum atomic E-state index is 12.2. The minimum Gasteiger partial charge on any atom is -0.292 e. The number of rotatable bonds is 2. The molecule has 0 aliphatic heterocycles. The van der Waals surface area contributed by atoms with Crippen LogP contribution in [0.3, 0.4) is 0 Å². The van der Waals surface area contributed by atoms with Gasteiger partial charge in [0.25, 0.3) is 5.56 Å². The van der Waals surface area contributed by atoms with E-state index in [4.69, 9.17) is 11.6 Å². The van der Waals surface area contributed by atoms with Crippen LogP contribution in [0.1, 0.15) is 5.56 Å². The zero-order chi connectivity index (χ0) is 15.1. The lowest BCUT2D eigenvalue weighted by molar-refractivity contribution is 0.754. The van der Waals surface area contributed by atoms with Crippen molar-refractivity contribution >= 4 is 28.3 Å². The summed E-state index contributed by atoms with van der Waals surface area (Å²) in [7, 11) is 0. The molecule has 0 saturated heterocycles. The monoisotopic (exact) mass is 310 g/mol. The minimum atomic E-state index is -0.122. The number of halogens is 1. The molecule has 0 amide bonds. The molecule has 3 heterocycles. The molecule has 0 N–H and O–H groups in total. The van der Waals surface area contributed by atoms with E-state index in [0.717, 1.165) is 16.5 Å². The van der Waals surface area contributed by atoms with E-state index >= 15 is 0 Å². The average Bonchev–Trinajstić information content (AvgIpc) is 2.99. The van der Waals surface area contributed by atoms with E-state index in [0.29, 0.717) is 17.5 Å². The molecule has 4 rings (SSSR count). The molecule has 0 unspecified atom stereocenters. The van der Waals surface area contributed by atoms with Gasteiger partial charge in [0.15, 0.2) is 0 Å². The predicted octanol–water partition coefficient (Wildman–Crippen LogP) is 2.75. The van der Waals surface area contributed by atoms with Crippen LogP contribution in [0.15, 0.2) is 59.8 Å². The van der Waals surface area contributed by atoms with Crippen molar-refractivity contribution in [3.63, 3.8) is 0 Å². The molecule has 22 heavy (non-hydrogen) atoms. The first kappa shape index (κ1) is 13.0. The van der Waals surface area contributed by atoms with E-state index in [1.165, 1.54) is 6.07 Å². The Labute approximate surface area is 130 Å². The maximum Gasteiger partial charge on any atom is 0.255 e. The third-order valence-corrected chi connectivity index (χ3v) is 3.94. The first-order chi connectivity index (χ1) is 10.7. The molecule has 0 spiro atoms.